The molecule has 0 aliphatic carbocycles. The molecule has 0 aromatic heterocycles. The van der Waals surface area contributed by atoms with E-state index >= 15 is 0 Å². The van der Waals surface area contributed by atoms with Crippen LogP contribution >= 0.6 is 30.6 Å². The Morgan fingerprint density at radius 2 is 1.83 bits per heavy atom. The molecule has 1 rings (SSSR count). The highest BCUT2D eigenvalue weighted by Gasteiger charge is 2.31. The van der Waals surface area contributed by atoms with Gasteiger partial charge in [0.2, 0.25) is 6.03 Å². The van der Waals surface area contributed by atoms with Gasteiger partial charge in [0.25, 0.3) is 7.37 Å². The molecule has 2 N–H and O–H groups in total. The molecule has 0 bridgehead atoms. The number of nitrogens with one attached hydrogen (secondary N) is 1. The van der Waals surface area contributed by atoms with E-state index in [1.54, 1.807) is 19.9 Å². The molecule has 0 spiro atoms. The smallest absolute Gasteiger partial charge is 0.255 e. The van der Waals surface area contributed by atoms with Gasteiger partial charge in [0, 0.05) is 25.4 Å². The Labute approximate surface area is 154 Å². The summed E-state index contributed by atoms with van der Waals surface area (Å²) in [5.74, 6) is 0. The van der Waals surface area contributed by atoms with Crippen LogP contribution in [-0.2, 0) is 14.0 Å². The van der Waals surface area contributed by atoms with Crippen molar-refractivity contribution in [2.24, 2.45) is 0 Å². The first kappa shape index (κ1) is 21.9. The summed E-state index contributed by atoms with van der Waals surface area (Å²) in [5.41, 5.74) is 1.01. The summed E-state index contributed by atoms with van der Waals surface area (Å²) in [6, 6.07) is 4.50. The Morgan fingerprint density at radius 3 is 2.38 bits per heavy atom. The monoisotopic (exact) mass is 397 g/mol. The largest absolute Gasteiger partial charge is 0.345 e. The summed E-state index contributed by atoms with van der Waals surface area (Å²) in [6.07, 6.45) is 0.675. The number of ether oxygens (including phenoxy) is 2. The zero-order valence-corrected chi connectivity index (χ0v) is 16.7. The SMILES string of the molecule is CCOC(OCC)P(=O)(O)CCCNC(C)c1ccc(Cl)c(Cl)c1. The molecule has 0 aliphatic rings. The van der Waals surface area contributed by atoms with Gasteiger partial charge in [0.05, 0.1) is 10.0 Å². The van der Waals surface area contributed by atoms with Crippen LogP contribution in [0.2, 0.25) is 10.0 Å². The van der Waals surface area contributed by atoms with Crippen molar-refractivity contribution in [3.05, 3.63) is 33.8 Å². The van der Waals surface area contributed by atoms with E-state index in [1.165, 1.54) is 0 Å². The molecule has 24 heavy (non-hydrogen) atoms. The second-order valence-electron chi connectivity index (χ2n) is 5.40. The lowest BCUT2D eigenvalue weighted by molar-refractivity contribution is -0.0871. The van der Waals surface area contributed by atoms with Gasteiger partial charge in [0.1, 0.15) is 0 Å². The maximum Gasteiger partial charge on any atom is 0.255 e. The zero-order chi connectivity index (χ0) is 18.2. The van der Waals surface area contributed by atoms with Gasteiger partial charge in [-0.25, -0.2) is 0 Å². The highest BCUT2D eigenvalue weighted by molar-refractivity contribution is 7.58. The summed E-state index contributed by atoms with van der Waals surface area (Å²) in [5, 5.41) is 4.34. The molecule has 138 valence electrons. The lowest BCUT2D eigenvalue weighted by Crippen LogP contribution is -2.23. The van der Waals surface area contributed by atoms with Crippen LogP contribution in [0.4, 0.5) is 0 Å². The fourth-order valence-electron chi connectivity index (χ4n) is 2.20. The van der Waals surface area contributed by atoms with E-state index in [-0.39, 0.29) is 12.2 Å². The highest BCUT2D eigenvalue weighted by Crippen LogP contribution is 2.47. The quantitative estimate of drug-likeness (QED) is 0.322. The van der Waals surface area contributed by atoms with Crippen LogP contribution in [-0.4, -0.2) is 36.8 Å². The molecule has 1 aromatic carbocycles. The Balaban J connectivity index is 2.45. The van der Waals surface area contributed by atoms with E-state index in [9.17, 15) is 9.46 Å². The normalized spacial score (nSPS) is 15.5. The minimum absolute atomic E-state index is 0.0624. The second-order valence-corrected chi connectivity index (χ2v) is 8.59. The van der Waals surface area contributed by atoms with Gasteiger partial charge in [-0.15, -0.1) is 0 Å². The van der Waals surface area contributed by atoms with Crippen molar-refractivity contribution < 1.29 is 18.9 Å². The fraction of sp³-hybridized carbons (Fsp3) is 0.625. The van der Waals surface area contributed by atoms with Crippen LogP contribution < -0.4 is 5.32 Å². The summed E-state index contributed by atoms with van der Waals surface area (Å²) in [7, 11) is -3.50. The van der Waals surface area contributed by atoms with Gasteiger partial charge in [-0.1, -0.05) is 29.3 Å². The lowest BCUT2D eigenvalue weighted by atomic mass is 10.1. The molecule has 0 saturated heterocycles. The number of halogens is 2. The first-order valence-corrected chi connectivity index (χ1v) is 10.7. The van der Waals surface area contributed by atoms with Crippen LogP contribution in [0.1, 0.15) is 38.8 Å². The van der Waals surface area contributed by atoms with Gasteiger partial charge in [-0.05, 0) is 51.4 Å². The maximum atomic E-state index is 12.3. The molecular weight excluding hydrogens is 372 g/mol. The van der Waals surface area contributed by atoms with Crippen molar-refractivity contribution in [3.8, 4) is 0 Å². The minimum atomic E-state index is -3.50. The summed E-state index contributed by atoms with van der Waals surface area (Å²) in [6.45, 7) is 6.81. The Kier molecular flexibility index (Phi) is 9.83. The average Bonchev–Trinajstić information content (AvgIpc) is 2.53. The third-order valence-corrected chi connectivity index (χ3v) is 6.15. The van der Waals surface area contributed by atoms with Gasteiger partial charge >= 0.3 is 0 Å². The predicted molar refractivity (Wildman–Crippen MR) is 99.2 cm³/mol. The molecule has 0 heterocycles. The van der Waals surface area contributed by atoms with Crippen LogP contribution in [0.25, 0.3) is 0 Å². The second kappa shape index (κ2) is 10.8. The Hall–Kier alpha value is -0.130. The molecular formula is C16H26Cl2NO4P. The van der Waals surface area contributed by atoms with Crippen LogP contribution in [0.15, 0.2) is 18.2 Å². The number of hydrogen-bond acceptors (Lipinski definition) is 4. The van der Waals surface area contributed by atoms with Crippen molar-refractivity contribution in [3.63, 3.8) is 0 Å². The summed E-state index contributed by atoms with van der Waals surface area (Å²) in [4.78, 5) is 10.1. The summed E-state index contributed by atoms with van der Waals surface area (Å²) < 4.78 is 22.8. The first-order chi connectivity index (χ1) is 11.3. The molecule has 0 amide bonds. The third-order valence-electron chi connectivity index (χ3n) is 3.50. The third kappa shape index (κ3) is 7.01. The van der Waals surface area contributed by atoms with Gasteiger partial charge < -0.3 is 19.7 Å². The summed E-state index contributed by atoms with van der Waals surface area (Å²) >= 11 is 11.9. The van der Waals surface area contributed by atoms with Crippen LogP contribution in [0, 0.1) is 0 Å². The molecule has 0 fully saturated rings. The van der Waals surface area contributed by atoms with E-state index in [1.807, 2.05) is 19.1 Å². The zero-order valence-electron chi connectivity index (χ0n) is 14.3. The molecule has 5 nitrogen and oxygen atoms in total. The van der Waals surface area contributed by atoms with E-state index in [0.717, 1.165) is 5.56 Å². The van der Waals surface area contributed by atoms with Crippen molar-refractivity contribution in [2.75, 3.05) is 25.9 Å². The minimum Gasteiger partial charge on any atom is -0.345 e. The van der Waals surface area contributed by atoms with E-state index in [0.29, 0.717) is 36.2 Å². The van der Waals surface area contributed by atoms with Crippen molar-refractivity contribution in [1.82, 2.24) is 5.32 Å². The average molecular weight is 398 g/mol. The van der Waals surface area contributed by atoms with Gasteiger partial charge in [-0.2, -0.15) is 0 Å². The fourth-order valence-corrected chi connectivity index (χ4v) is 4.09. The van der Waals surface area contributed by atoms with E-state index in [4.69, 9.17) is 32.7 Å². The predicted octanol–water partition coefficient (Wildman–Crippen LogP) is 4.66. The number of benzene rings is 1. The van der Waals surface area contributed by atoms with Crippen molar-refractivity contribution in [1.29, 1.82) is 0 Å². The molecule has 2 atom stereocenters. The van der Waals surface area contributed by atoms with E-state index < -0.39 is 13.4 Å². The van der Waals surface area contributed by atoms with Crippen LogP contribution in [0.3, 0.4) is 0 Å². The number of hydrogen-bond donors (Lipinski definition) is 2. The molecule has 1 aromatic rings. The molecule has 0 saturated carbocycles. The molecule has 8 heteroatoms. The van der Waals surface area contributed by atoms with E-state index in [2.05, 4.69) is 5.32 Å². The van der Waals surface area contributed by atoms with Gasteiger partial charge in [-0.3, -0.25) is 4.57 Å². The molecule has 2 unspecified atom stereocenters. The number of rotatable bonds is 11. The Bertz CT molecular complexity index is 553. The highest BCUT2D eigenvalue weighted by atomic mass is 35.5. The lowest BCUT2D eigenvalue weighted by Gasteiger charge is -2.23. The molecule has 0 radical (unpaired) electrons. The molecule has 0 aliphatic heterocycles. The standard InChI is InChI=1S/C16H26Cl2NO4P/c1-4-22-16(23-5-2)24(20,21)10-6-9-19-12(3)13-7-8-14(17)15(18)11-13/h7-8,11-12,16,19H,4-6,9-10H2,1-3H3,(H,20,21). The van der Waals surface area contributed by atoms with Crippen molar-refractivity contribution in [2.45, 2.75) is 39.3 Å². The van der Waals surface area contributed by atoms with Crippen molar-refractivity contribution >= 4 is 30.6 Å². The maximum absolute atomic E-state index is 12.3. The van der Waals surface area contributed by atoms with Gasteiger partial charge in [0.15, 0.2) is 0 Å². The first-order valence-electron chi connectivity index (χ1n) is 8.04. The van der Waals surface area contributed by atoms with Crippen LogP contribution in [0.5, 0.6) is 0 Å². The topological polar surface area (TPSA) is 67.8 Å². The Morgan fingerprint density at radius 1 is 1.21 bits per heavy atom.